The summed E-state index contributed by atoms with van der Waals surface area (Å²) in [6.45, 7) is 3.31. The maximum atomic E-state index is 8.83. The maximum absolute atomic E-state index is 8.83. The van der Waals surface area contributed by atoms with Gasteiger partial charge >= 0.3 is 0 Å². The number of nitrogens with two attached hydrogens (primary N) is 1. The number of methoxy groups -OCH3 is 1. The molecule has 0 saturated heterocycles. The maximum Gasteiger partial charge on any atom is 0.147 e. The molecule has 18 heavy (non-hydrogen) atoms. The third kappa shape index (κ3) is 4.35. The van der Waals surface area contributed by atoms with Crippen molar-refractivity contribution in [2.24, 2.45) is 10.9 Å². The van der Waals surface area contributed by atoms with Crippen molar-refractivity contribution in [3.8, 4) is 0 Å². The second-order valence-electron chi connectivity index (χ2n) is 4.19. The number of rotatable bonds is 7. The largest absolute Gasteiger partial charge is 0.409 e. The van der Waals surface area contributed by atoms with E-state index in [0.717, 1.165) is 12.1 Å². The lowest BCUT2D eigenvalue weighted by molar-refractivity contribution is 0.117. The minimum absolute atomic E-state index is 0.133. The quantitative estimate of drug-likeness (QED) is 0.294. The summed E-state index contributed by atoms with van der Waals surface area (Å²) in [4.78, 5) is 0. The van der Waals surface area contributed by atoms with Gasteiger partial charge in [-0.15, -0.1) is 0 Å². The summed E-state index contributed by atoms with van der Waals surface area (Å²) in [5.74, 6) is 0.0685. The Morgan fingerprint density at radius 3 is 2.61 bits per heavy atom. The molecule has 0 saturated carbocycles. The molecule has 0 aliphatic heterocycles. The molecule has 1 aromatic rings. The highest BCUT2D eigenvalue weighted by atomic mass is 16.5. The smallest absolute Gasteiger partial charge is 0.147 e. The van der Waals surface area contributed by atoms with E-state index >= 15 is 0 Å². The average molecular weight is 251 g/mol. The van der Waals surface area contributed by atoms with Crippen LogP contribution in [0.5, 0.6) is 0 Å². The number of amidine groups is 1. The highest BCUT2D eigenvalue weighted by Crippen LogP contribution is 2.14. The van der Waals surface area contributed by atoms with E-state index < -0.39 is 0 Å². The molecule has 0 radical (unpaired) electrons. The Labute approximate surface area is 108 Å². The van der Waals surface area contributed by atoms with E-state index in [4.69, 9.17) is 15.7 Å². The number of oxime groups is 1. The molecule has 0 bridgehead atoms. The van der Waals surface area contributed by atoms with E-state index in [0.29, 0.717) is 6.54 Å². The molecule has 0 aliphatic rings. The highest BCUT2D eigenvalue weighted by molar-refractivity contribution is 5.87. The van der Waals surface area contributed by atoms with Crippen molar-refractivity contribution in [2.75, 3.05) is 20.2 Å². The summed E-state index contributed by atoms with van der Waals surface area (Å²) in [7, 11) is 1.67. The normalized spacial score (nSPS) is 15.3. The van der Waals surface area contributed by atoms with Crippen molar-refractivity contribution in [2.45, 2.75) is 18.9 Å². The van der Waals surface area contributed by atoms with Crippen LogP contribution in [-0.4, -0.2) is 37.3 Å². The second kappa shape index (κ2) is 7.68. The first-order valence-electron chi connectivity index (χ1n) is 5.95. The molecule has 0 heterocycles. The number of ether oxygens (including phenoxy) is 1. The number of nitrogens with zero attached hydrogens (tertiary/aromatic N) is 1. The lowest BCUT2D eigenvalue weighted by Gasteiger charge is -2.18. The van der Waals surface area contributed by atoms with Crippen LogP contribution >= 0.6 is 0 Å². The van der Waals surface area contributed by atoms with E-state index in [1.807, 2.05) is 37.3 Å². The van der Waals surface area contributed by atoms with Gasteiger partial charge in [-0.05, 0) is 12.5 Å². The summed E-state index contributed by atoms with van der Waals surface area (Å²) < 4.78 is 5.15. The van der Waals surface area contributed by atoms with Crippen molar-refractivity contribution >= 4 is 5.84 Å². The van der Waals surface area contributed by atoms with E-state index in [1.54, 1.807) is 7.11 Å². The van der Waals surface area contributed by atoms with E-state index in [2.05, 4.69) is 10.5 Å². The zero-order chi connectivity index (χ0) is 13.4. The summed E-state index contributed by atoms with van der Waals surface area (Å²) in [6, 6.07) is 9.73. The molecule has 5 nitrogen and oxygen atoms in total. The van der Waals surface area contributed by atoms with Crippen LogP contribution in [0.4, 0.5) is 0 Å². The van der Waals surface area contributed by atoms with Gasteiger partial charge in [0, 0.05) is 20.2 Å². The van der Waals surface area contributed by atoms with E-state index in [-0.39, 0.29) is 17.9 Å². The van der Waals surface area contributed by atoms with Crippen LogP contribution < -0.4 is 11.1 Å². The molecule has 0 amide bonds. The molecule has 0 aliphatic carbocycles. The van der Waals surface area contributed by atoms with Gasteiger partial charge in [-0.3, -0.25) is 0 Å². The van der Waals surface area contributed by atoms with Gasteiger partial charge < -0.3 is 21.0 Å². The Hall–Kier alpha value is -1.59. The van der Waals surface area contributed by atoms with E-state index in [1.165, 1.54) is 0 Å². The molecule has 4 N–H and O–H groups in total. The summed E-state index contributed by atoms with van der Waals surface area (Å²) in [5.41, 5.74) is 6.75. The molecular formula is C13H21N3O2. The first kappa shape index (κ1) is 14.5. The minimum atomic E-state index is -0.139. The molecule has 2 atom stereocenters. The molecular weight excluding hydrogens is 230 g/mol. The lowest BCUT2D eigenvalue weighted by atomic mass is 9.98. The first-order valence-corrected chi connectivity index (χ1v) is 5.95. The lowest BCUT2D eigenvalue weighted by Crippen LogP contribution is -2.35. The van der Waals surface area contributed by atoms with Crippen LogP contribution in [-0.2, 0) is 4.74 Å². The van der Waals surface area contributed by atoms with Crippen LogP contribution in [0.1, 0.15) is 18.4 Å². The Morgan fingerprint density at radius 1 is 1.39 bits per heavy atom. The first-order chi connectivity index (χ1) is 8.69. The van der Waals surface area contributed by atoms with Gasteiger partial charge in [0.1, 0.15) is 5.84 Å². The Kier molecular flexibility index (Phi) is 6.18. The molecule has 0 aromatic heterocycles. The molecule has 0 spiro atoms. The van der Waals surface area contributed by atoms with Crippen molar-refractivity contribution in [1.29, 1.82) is 0 Å². The van der Waals surface area contributed by atoms with Gasteiger partial charge in [0.05, 0.1) is 12.0 Å². The molecule has 100 valence electrons. The number of nitrogens with one attached hydrogen (secondary N) is 1. The second-order valence-corrected chi connectivity index (χ2v) is 4.19. The van der Waals surface area contributed by atoms with Crippen LogP contribution in [0.25, 0.3) is 0 Å². The predicted octanol–water partition coefficient (Wildman–Crippen LogP) is 1.14. The zero-order valence-electron chi connectivity index (χ0n) is 10.8. The van der Waals surface area contributed by atoms with Gasteiger partial charge in [0.25, 0.3) is 0 Å². The van der Waals surface area contributed by atoms with E-state index in [9.17, 15) is 0 Å². The molecule has 2 unspecified atom stereocenters. The monoisotopic (exact) mass is 251 g/mol. The Balaban J connectivity index is 2.63. The van der Waals surface area contributed by atoms with Gasteiger partial charge in [-0.25, -0.2) is 0 Å². The van der Waals surface area contributed by atoms with Gasteiger partial charge in [-0.2, -0.15) is 0 Å². The highest BCUT2D eigenvalue weighted by Gasteiger charge is 2.16. The molecule has 0 fully saturated rings. The van der Waals surface area contributed by atoms with Gasteiger partial charge in [0.2, 0.25) is 0 Å². The molecule has 5 heteroatoms. The fourth-order valence-corrected chi connectivity index (χ4v) is 1.66. The van der Waals surface area contributed by atoms with Crippen molar-refractivity contribution in [3.63, 3.8) is 0 Å². The SMILES string of the molecule is COC(C)CNCC(/C(N)=N/O)c1ccccc1. The average Bonchev–Trinajstić information content (AvgIpc) is 2.43. The van der Waals surface area contributed by atoms with Crippen molar-refractivity contribution < 1.29 is 9.94 Å². The molecule has 1 rings (SSSR count). The topological polar surface area (TPSA) is 79.9 Å². The Morgan fingerprint density at radius 2 is 2.06 bits per heavy atom. The number of hydrogen-bond acceptors (Lipinski definition) is 4. The predicted molar refractivity (Wildman–Crippen MR) is 71.9 cm³/mol. The summed E-state index contributed by atoms with van der Waals surface area (Å²) in [5, 5.41) is 15.2. The fourth-order valence-electron chi connectivity index (χ4n) is 1.66. The van der Waals surface area contributed by atoms with Crippen LogP contribution in [0, 0.1) is 0 Å². The minimum Gasteiger partial charge on any atom is -0.409 e. The Bertz CT molecular complexity index is 368. The van der Waals surface area contributed by atoms with Crippen molar-refractivity contribution in [1.82, 2.24) is 5.32 Å². The standard InChI is InChI=1S/C13H21N3O2/c1-10(18-2)8-15-9-12(13(14)16-17)11-6-4-3-5-7-11/h3-7,10,12,15,17H,8-9H2,1-2H3,(H2,14,16). The van der Waals surface area contributed by atoms with Gasteiger partial charge in [-0.1, -0.05) is 35.5 Å². The van der Waals surface area contributed by atoms with Crippen LogP contribution in [0.3, 0.4) is 0 Å². The summed E-state index contributed by atoms with van der Waals surface area (Å²) in [6.07, 6.45) is 0.133. The van der Waals surface area contributed by atoms with Gasteiger partial charge in [0.15, 0.2) is 0 Å². The fraction of sp³-hybridized carbons (Fsp3) is 0.462. The molecule has 1 aromatic carbocycles. The van der Waals surface area contributed by atoms with Crippen LogP contribution in [0.2, 0.25) is 0 Å². The number of hydrogen-bond donors (Lipinski definition) is 3. The third-order valence-corrected chi connectivity index (χ3v) is 2.86. The number of benzene rings is 1. The van der Waals surface area contributed by atoms with Crippen molar-refractivity contribution in [3.05, 3.63) is 35.9 Å². The third-order valence-electron chi connectivity index (χ3n) is 2.86. The zero-order valence-corrected chi connectivity index (χ0v) is 10.8. The van der Waals surface area contributed by atoms with Crippen LogP contribution in [0.15, 0.2) is 35.5 Å². The summed E-state index contributed by atoms with van der Waals surface area (Å²) >= 11 is 0.